The summed E-state index contributed by atoms with van der Waals surface area (Å²) in [5.74, 6) is -1.95. The van der Waals surface area contributed by atoms with Gasteiger partial charge in [-0.25, -0.2) is 18.2 Å². The maximum atomic E-state index is 14.4. The number of imidazole rings is 1. The molecule has 0 unspecified atom stereocenters. The van der Waals surface area contributed by atoms with E-state index in [1.165, 1.54) is 9.78 Å². The number of aromatic nitrogens is 3. The zero-order chi connectivity index (χ0) is 41.4. The molecule has 1 aliphatic carbocycles. The van der Waals surface area contributed by atoms with Crippen molar-refractivity contribution in [2.45, 2.75) is 142 Å². The van der Waals surface area contributed by atoms with Gasteiger partial charge in [-0.2, -0.15) is 4.98 Å². The lowest BCUT2D eigenvalue weighted by Crippen LogP contribution is -2.58. The second-order valence-electron chi connectivity index (χ2n) is 17.4. The topological polar surface area (TPSA) is 165 Å². The summed E-state index contributed by atoms with van der Waals surface area (Å²) in [5, 5.41) is 3.81. The van der Waals surface area contributed by atoms with Gasteiger partial charge in [0.25, 0.3) is 11.9 Å². The predicted molar refractivity (Wildman–Crippen MR) is 225 cm³/mol. The molecule has 1 saturated carbocycles. The summed E-state index contributed by atoms with van der Waals surface area (Å²) in [5.41, 5.74) is 1.58. The van der Waals surface area contributed by atoms with E-state index in [4.69, 9.17) is 26.5 Å². The molecule has 3 aliphatic rings. The van der Waals surface area contributed by atoms with Gasteiger partial charge in [0.1, 0.15) is 34.3 Å². The number of hydrogen-bond acceptors (Lipinski definition) is 10. The Kier molecular flexibility index (Phi) is 12.8. The molecule has 1 spiro atoms. The van der Waals surface area contributed by atoms with Crippen LogP contribution in [0.4, 0.5) is 0 Å². The molecule has 3 amide bonds. The standard InChI is InChI=1S/C41H58ClN7O6S2/c1-9-26-22-41(26)38(52)47-57(53,54)20-15-13-11-10-12-14-19-31-32(24(2)3)43-36(56-31)28-17-16-18-29-33(28)44-39(49(29)25(4)5)55-27-21-30(35(50)45-41)48(23-27)37(51)34(46-42)40(6,7)8/h10,12,16-18,24-27,30,34,46H,9,11,13-15,19-23H2,1-8H3,(H,45,50)(H,47,52)/b12-10-/t26-,27-,30+,34-,41-/m1/s1. The number of carbonyl (C=O) groups excluding carboxylic acids is 3. The summed E-state index contributed by atoms with van der Waals surface area (Å²) in [7, 11) is -3.97. The van der Waals surface area contributed by atoms with Gasteiger partial charge in [-0.3, -0.25) is 23.7 Å². The number of halogens is 1. The molecule has 3 aromatic rings. The van der Waals surface area contributed by atoms with Crippen LogP contribution in [0.5, 0.6) is 6.01 Å². The zero-order valence-electron chi connectivity index (χ0n) is 34.4. The first-order valence-electron chi connectivity index (χ1n) is 20.3. The van der Waals surface area contributed by atoms with Gasteiger partial charge in [0.15, 0.2) is 0 Å². The zero-order valence-corrected chi connectivity index (χ0v) is 36.7. The van der Waals surface area contributed by atoms with Crippen molar-refractivity contribution >= 4 is 61.9 Å². The van der Waals surface area contributed by atoms with Crippen LogP contribution in [0.1, 0.15) is 123 Å². The number of carbonyl (C=O) groups is 3. The fraction of sp³-hybridized carbons (Fsp3) is 0.634. The van der Waals surface area contributed by atoms with Crippen LogP contribution in [0.15, 0.2) is 30.4 Å². The smallest absolute Gasteiger partial charge is 0.297 e. The van der Waals surface area contributed by atoms with Gasteiger partial charge in [-0.15, -0.1) is 11.3 Å². The number of benzene rings is 1. The molecule has 0 radical (unpaired) electrons. The van der Waals surface area contributed by atoms with Gasteiger partial charge in [-0.1, -0.05) is 66.2 Å². The largest absolute Gasteiger partial charge is 0.459 e. The predicted octanol–water partition coefficient (Wildman–Crippen LogP) is 6.77. The van der Waals surface area contributed by atoms with E-state index < -0.39 is 56.9 Å². The molecule has 1 saturated heterocycles. The molecule has 57 heavy (non-hydrogen) atoms. The molecule has 4 heterocycles. The third kappa shape index (κ3) is 9.06. The van der Waals surface area contributed by atoms with E-state index in [0.717, 1.165) is 40.1 Å². The number of likely N-dealkylation sites (tertiary alicyclic amines) is 1. The summed E-state index contributed by atoms with van der Waals surface area (Å²) in [4.78, 5) is 58.0. The van der Waals surface area contributed by atoms with Crippen molar-refractivity contribution in [1.82, 2.24) is 34.3 Å². The number of nitrogens with zero attached hydrogens (tertiary/aromatic N) is 4. The van der Waals surface area contributed by atoms with Crippen LogP contribution in [0.3, 0.4) is 0 Å². The highest BCUT2D eigenvalue weighted by Gasteiger charge is 2.61. The number of sulfonamides is 1. The number of nitrogens with one attached hydrogen (secondary N) is 3. The Balaban J connectivity index is 1.42. The minimum Gasteiger partial charge on any atom is -0.459 e. The van der Waals surface area contributed by atoms with Crippen LogP contribution >= 0.6 is 23.1 Å². The number of hydrogen-bond donors (Lipinski definition) is 3. The van der Waals surface area contributed by atoms with Crippen molar-refractivity contribution in [1.29, 1.82) is 0 Å². The lowest BCUT2D eigenvalue weighted by Gasteiger charge is -2.34. The maximum Gasteiger partial charge on any atom is 0.297 e. The van der Waals surface area contributed by atoms with Crippen LogP contribution in [0.25, 0.3) is 21.6 Å². The van der Waals surface area contributed by atoms with Gasteiger partial charge in [0.05, 0.1) is 23.5 Å². The Bertz CT molecular complexity index is 2120. The van der Waals surface area contributed by atoms with Gasteiger partial charge < -0.3 is 15.0 Å². The van der Waals surface area contributed by atoms with Crippen molar-refractivity contribution < 1.29 is 27.5 Å². The third-order valence-corrected chi connectivity index (χ3v) is 14.1. The minimum atomic E-state index is -3.97. The number of allylic oxidation sites excluding steroid dienone is 2. The first-order valence-corrected chi connectivity index (χ1v) is 23.1. The van der Waals surface area contributed by atoms with Crippen molar-refractivity contribution in [3.05, 3.63) is 40.9 Å². The molecule has 3 N–H and O–H groups in total. The van der Waals surface area contributed by atoms with Crippen LogP contribution in [-0.4, -0.2) is 81.6 Å². The molecule has 2 aliphatic heterocycles. The highest BCUT2D eigenvalue weighted by molar-refractivity contribution is 7.90. The number of thiazole rings is 1. The average molecular weight is 845 g/mol. The Labute approximate surface area is 345 Å². The van der Waals surface area contributed by atoms with Crippen LogP contribution in [-0.2, 0) is 30.8 Å². The summed E-state index contributed by atoms with van der Waals surface area (Å²) < 4.78 is 37.3. The van der Waals surface area contributed by atoms with Crippen molar-refractivity contribution in [3.63, 3.8) is 0 Å². The summed E-state index contributed by atoms with van der Waals surface area (Å²) in [6.45, 7) is 16.0. The van der Waals surface area contributed by atoms with Gasteiger partial charge >= 0.3 is 0 Å². The average Bonchev–Trinajstić information content (AvgIpc) is 3.41. The Morgan fingerprint density at radius 2 is 1.86 bits per heavy atom. The number of ether oxygens (including phenoxy) is 1. The van der Waals surface area contributed by atoms with E-state index in [9.17, 15) is 22.8 Å². The molecule has 16 heteroatoms. The molecule has 6 bridgehead atoms. The first-order chi connectivity index (χ1) is 26.9. The van der Waals surface area contributed by atoms with Gasteiger partial charge in [-0.05, 0) is 93.5 Å². The number of aryl methyl sites for hydroxylation is 1. The van der Waals surface area contributed by atoms with Crippen molar-refractivity contribution in [2.75, 3.05) is 12.3 Å². The molecular formula is C41H58ClN7O6S2. The first kappa shape index (κ1) is 43.1. The van der Waals surface area contributed by atoms with E-state index in [1.54, 1.807) is 11.3 Å². The number of amides is 3. The van der Waals surface area contributed by atoms with Crippen molar-refractivity contribution in [2.24, 2.45) is 11.3 Å². The van der Waals surface area contributed by atoms with Crippen LogP contribution < -0.4 is 19.6 Å². The second-order valence-corrected chi connectivity index (χ2v) is 20.6. The summed E-state index contributed by atoms with van der Waals surface area (Å²) in [6.07, 6.45) is 7.91. The van der Waals surface area contributed by atoms with E-state index in [1.807, 2.05) is 50.5 Å². The molecule has 13 nitrogen and oxygen atoms in total. The summed E-state index contributed by atoms with van der Waals surface area (Å²) in [6, 6.07) is 4.50. The number of fused-ring (bicyclic) bond motifs is 6. The third-order valence-electron chi connectivity index (χ3n) is 11.4. The number of rotatable bonds is 5. The van der Waals surface area contributed by atoms with Crippen molar-refractivity contribution in [3.8, 4) is 16.6 Å². The van der Waals surface area contributed by atoms with E-state index in [-0.39, 0.29) is 43.0 Å². The molecule has 5 atom stereocenters. The van der Waals surface area contributed by atoms with Crippen LogP contribution in [0.2, 0.25) is 0 Å². The Hall–Kier alpha value is -3.53. The molecule has 2 aromatic heterocycles. The van der Waals surface area contributed by atoms with Crippen LogP contribution in [0, 0.1) is 11.3 Å². The quantitative estimate of drug-likeness (QED) is 0.186. The van der Waals surface area contributed by atoms with Gasteiger partial charge in [0, 0.05) is 22.9 Å². The minimum absolute atomic E-state index is 0.0450. The highest BCUT2D eigenvalue weighted by Crippen LogP contribution is 2.47. The monoisotopic (exact) mass is 843 g/mol. The summed E-state index contributed by atoms with van der Waals surface area (Å²) >= 11 is 7.85. The SMILES string of the molecule is CC[C@@H]1C[C@@]12NC(=O)[C@@H]1C[C@H](CN1C(=O)[C@@H](NCl)C(C)(C)C)Oc1nc3c(cccc3n1C(C)C)-c1nc(C(C)C)c(s1)CC/C=C\CCCCS(=O)(=O)NC2=O. The number of para-hydroxylation sites is 1. The molecule has 6 rings (SSSR count). The second kappa shape index (κ2) is 17.0. The lowest BCUT2D eigenvalue weighted by molar-refractivity contribution is -0.142. The molecule has 1 aromatic carbocycles. The lowest BCUT2D eigenvalue weighted by atomic mass is 9.86. The fourth-order valence-corrected chi connectivity index (χ4v) is 11.0. The van der Waals surface area contributed by atoms with E-state index >= 15 is 0 Å². The fourth-order valence-electron chi connectivity index (χ4n) is 8.13. The van der Waals surface area contributed by atoms with E-state index in [2.05, 4.69) is 54.7 Å². The normalized spacial score (nSPS) is 25.9. The maximum absolute atomic E-state index is 14.4. The highest BCUT2D eigenvalue weighted by atomic mass is 35.5. The van der Waals surface area contributed by atoms with E-state index in [0.29, 0.717) is 31.7 Å². The molecule has 2 fully saturated rings. The Morgan fingerprint density at radius 1 is 1.12 bits per heavy atom. The molecular weight excluding hydrogens is 786 g/mol. The molecule has 312 valence electrons. The van der Waals surface area contributed by atoms with Gasteiger partial charge in [0.2, 0.25) is 21.8 Å². The Morgan fingerprint density at radius 3 is 2.51 bits per heavy atom.